The lowest BCUT2D eigenvalue weighted by atomic mass is 10.1. The number of ether oxygens (including phenoxy) is 1. The van der Waals surface area contributed by atoms with E-state index < -0.39 is 5.97 Å². The molecule has 0 spiro atoms. The molecule has 0 atom stereocenters. The molecule has 1 aromatic heterocycles. The summed E-state index contributed by atoms with van der Waals surface area (Å²) in [6, 6.07) is 7.48. The number of benzene rings is 1. The lowest BCUT2D eigenvalue weighted by Crippen LogP contribution is -2.15. The van der Waals surface area contributed by atoms with Crippen molar-refractivity contribution in [3.05, 3.63) is 45.8 Å². The maximum Gasteiger partial charge on any atom is 0.341 e. The van der Waals surface area contributed by atoms with Gasteiger partial charge in [0.2, 0.25) is 0 Å². The molecular formula is C18H21NO3S2. The number of hydrogen-bond acceptors (Lipinski definition) is 5. The van der Waals surface area contributed by atoms with Crippen molar-refractivity contribution in [3.8, 4) is 0 Å². The van der Waals surface area contributed by atoms with E-state index >= 15 is 0 Å². The summed E-state index contributed by atoms with van der Waals surface area (Å²) in [6.45, 7) is 7.93. The van der Waals surface area contributed by atoms with Gasteiger partial charge < -0.3 is 10.1 Å². The van der Waals surface area contributed by atoms with Crippen molar-refractivity contribution in [2.45, 2.75) is 32.6 Å². The van der Waals surface area contributed by atoms with Crippen LogP contribution in [-0.4, -0.2) is 24.2 Å². The van der Waals surface area contributed by atoms with Gasteiger partial charge >= 0.3 is 5.97 Å². The van der Waals surface area contributed by atoms with Gasteiger partial charge in [-0.2, -0.15) is 0 Å². The summed E-state index contributed by atoms with van der Waals surface area (Å²) in [5.41, 5.74) is 1.88. The standard InChI is InChI=1S/C18H21NO3S2/c1-5-22-18(21)15-11(3)12(4)24-17(15)19-16(20)13-8-7-9-14(10-13)23-6-2/h7-10H,5-6H2,1-4H3,(H,19,20). The molecule has 0 bridgehead atoms. The fraction of sp³-hybridized carbons (Fsp3) is 0.333. The number of thiophene rings is 1. The molecule has 0 saturated heterocycles. The van der Waals surface area contributed by atoms with Gasteiger partial charge in [0, 0.05) is 15.3 Å². The summed E-state index contributed by atoms with van der Waals surface area (Å²) >= 11 is 3.08. The second-order valence-corrected chi connectivity index (χ2v) is 7.68. The first-order valence-electron chi connectivity index (χ1n) is 7.79. The third-order valence-electron chi connectivity index (χ3n) is 3.50. The summed E-state index contributed by atoms with van der Waals surface area (Å²) in [5, 5.41) is 3.41. The highest BCUT2D eigenvalue weighted by Gasteiger charge is 2.22. The van der Waals surface area contributed by atoms with Crippen LogP contribution in [0.3, 0.4) is 0 Å². The van der Waals surface area contributed by atoms with Crippen LogP contribution < -0.4 is 5.32 Å². The zero-order valence-electron chi connectivity index (χ0n) is 14.3. The Bertz CT molecular complexity index is 753. The first-order valence-corrected chi connectivity index (χ1v) is 9.59. The molecule has 1 amide bonds. The number of nitrogens with one attached hydrogen (secondary N) is 1. The summed E-state index contributed by atoms with van der Waals surface area (Å²) in [7, 11) is 0. The van der Waals surface area contributed by atoms with Crippen LogP contribution in [-0.2, 0) is 4.74 Å². The van der Waals surface area contributed by atoms with Crippen LogP contribution in [0.5, 0.6) is 0 Å². The van der Waals surface area contributed by atoms with E-state index in [4.69, 9.17) is 4.74 Å². The van der Waals surface area contributed by atoms with Crippen LogP contribution in [0.25, 0.3) is 0 Å². The molecule has 0 fully saturated rings. The van der Waals surface area contributed by atoms with Gasteiger partial charge in [-0.1, -0.05) is 13.0 Å². The molecule has 2 rings (SSSR count). The van der Waals surface area contributed by atoms with Gasteiger partial charge in [-0.15, -0.1) is 23.1 Å². The largest absolute Gasteiger partial charge is 0.462 e. The average Bonchev–Trinajstić information content (AvgIpc) is 2.82. The summed E-state index contributed by atoms with van der Waals surface area (Å²) in [6.07, 6.45) is 0. The Labute approximate surface area is 150 Å². The molecule has 128 valence electrons. The predicted molar refractivity (Wildman–Crippen MR) is 101 cm³/mol. The van der Waals surface area contributed by atoms with Gasteiger partial charge in [-0.05, 0) is 50.3 Å². The number of thioether (sulfide) groups is 1. The SMILES string of the molecule is CCOC(=O)c1c(NC(=O)c2cccc(SCC)c2)sc(C)c1C. The molecule has 6 heteroatoms. The van der Waals surface area contributed by atoms with Crippen molar-refractivity contribution in [2.24, 2.45) is 0 Å². The first-order chi connectivity index (χ1) is 11.5. The minimum atomic E-state index is -0.398. The summed E-state index contributed by atoms with van der Waals surface area (Å²) in [4.78, 5) is 26.8. The van der Waals surface area contributed by atoms with E-state index in [0.29, 0.717) is 22.7 Å². The number of rotatable bonds is 6. The molecule has 2 aromatic rings. The number of carbonyl (C=O) groups excluding carboxylic acids is 2. The normalized spacial score (nSPS) is 10.5. The second kappa shape index (κ2) is 8.35. The Morgan fingerprint density at radius 2 is 2.00 bits per heavy atom. The van der Waals surface area contributed by atoms with Crippen molar-refractivity contribution < 1.29 is 14.3 Å². The zero-order chi connectivity index (χ0) is 17.7. The van der Waals surface area contributed by atoms with Crippen LogP contribution in [0.15, 0.2) is 29.2 Å². The molecule has 0 saturated carbocycles. The van der Waals surface area contributed by atoms with Gasteiger partial charge in [-0.25, -0.2) is 4.79 Å². The molecule has 0 aliphatic carbocycles. The van der Waals surface area contributed by atoms with Crippen molar-refractivity contribution in [2.75, 3.05) is 17.7 Å². The van der Waals surface area contributed by atoms with Crippen molar-refractivity contribution in [1.82, 2.24) is 0 Å². The van der Waals surface area contributed by atoms with Crippen LogP contribution in [0.4, 0.5) is 5.00 Å². The fourth-order valence-electron chi connectivity index (χ4n) is 2.23. The molecule has 1 N–H and O–H groups in total. The summed E-state index contributed by atoms with van der Waals surface area (Å²) in [5.74, 6) is 0.326. The van der Waals surface area contributed by atoms with E-state index in [-0.39, 0.29) is 5.91 Å². The highest BCUT2D eigenvalue weighted by Crippen LogP contribution is 2.33. The van der Waals surface area contributed by atoms with Crippen LogP contribution in [0.1, 0.15) is 45.0 Å². The van der Waals surface area contributed by atoms with Crippen molar-refractivity contribution >= 4 is 40.0 Å². The molecule has 24 heavy (non-hydrogen) atoms. The van der Waals surface area contributed by atoms with Gasteiger partial charge in [0.15, 0.2) is 0 Å². The lowest BCUT2D eigenvalue weighted by Gasteiger charge is -2.08. The molecule has 0 unspecified atom stereocenters. The molecule has 0 aliphatic rings. The van der Waals surface area contributed by atoms with Crippen LogP contribution >= 0.6 is 23.1 Å². The zero-order valence-corrected chi connectivity index (χ0v) is 15.9. The van der Waals surface area contributed by atoms with Gasteiger partial charge in [0.25, 0.3) is 5.91 Å². The Morgan fingerprint density at radius 3 is 2.67 bits per heavy atom. The van der Waals surface area contributed by atoms with E-state index in [9.17, 15) is 9.59 Å². The Morgan fingerprint density at radius 1 is 1.25 bits per heavy atom. The number of carbonyl (C=O) groups is 2. The second-order valence-electron chi connectivity index (χ2n) is 5.12. The predicted octanol–water partition coefficient (Wildman–Crippen LogP) is 4.91. The highest BCUT2D eigenvalue weighted by atomic mass is 32.2. The molecule has 0 aliphatic heterocycles. The van der Waals surface area contributed by atoms with Gasteiger partial charge in [0.1, 0.15) is 5.00 Å². The highest BCUT2D eigenvalue weighted by molar-refractivity contribution is 7.99. The number of amides is 1. The van der Waals surface area contributed by atoms with E-state index in [0.717, 1.165) is 21.1 Å². The van der Waals surface area contributed by atoms with E-state index in [1.165, 1.54) is 11.3 Å². The summed E-state index contributed by atoms with van der Waals surface area (Å²) < 4.78 is 5.11. The van der Waals surface area contributed by atoms with E-state index in [1.807, 2.05) is 32.0 Å². The third-order valence-corrected chi connectivity index (χ3v) is 5.50. The van der Waals surface area contributed by atoms with E-state index in [2.05, 4.69) is 12.2 Å². The van der Waals surface area contributed by atoms with Gasteiger partial charge in [0.05, 0.1) is 12.2 Å². The molecule has 4 nitrogen and oxygen atoms in total. The van der Waals surface area contributed by atoms with Crippen molar-refractivity contribution in [3.63, 3.8) is 0 Å². The average molecular weight is 364 g/mol. The third kappa shape index (κ3) is 4.19. The monoisotopic (exact) mass is 363 g/mol. The maximum absolute atomic E-state index is 12.6. The number of aryl methyl sites for hydroxylation is 1. The van der Waals surface area contributed by atoms with E-state index in [1.54, 1.807) is 24.8 Å². The minimum Gasteiger partial charge on any atom is -0.462 e. The Kier molecular flexibility index (Phi) is 6.45. The van der Waals surface area contributed by atoms with Crippen LogP contribution in [0.2, 0.25) is 0 Å². The van der Waals surface area contributed by atoms with Gasteiger partial charge in [-0.3, -0.25) is 4.79 Å². The molecule has 0 radical (unpaired) electrons. The lowest BCUT2D eigenvalue weighted by molar-refractivity contribution is 0.0527. The number of esters is 1. The molecular weight excluding hydrogens is 342 g/mol. The fourth-order valence-corrected chi connectivity index (χ4v) is 4.00. The topological polar surface area (TPSA) is 55.4 Å². The maximum atomic E-state index is 12.6. The number of hydrogen-bond donors (Lipinski definition) is 1. The van der Waals surface area contributed by atoms with Crippen LogP contribution in [0, 0.1) is 13.8 Å². The van der Waals surface area contributed by atoms with Crippen molar-refractivity contribution in [1.29, 1.82) is 0 Å². The first kappa shape index (κ1) is 18.5. The Hall–Kier alpha value is -1.79. The Balaban J connectivity index is 2.27. The minimum absolute atomic E-state index is 0.222. The smallest absolute Gasteiger partial charge is 0.341 e. The molecule has 1 aromatic carbocycles. The molecule has 1 heterocycles. The number of anilines is 1. The quantitative estimate of drug-likeness (QED) is 0.585.